The van der Waals surface area contributed by atoms with E-state index in [0.717, 1.165) is 77.8 Å². The lowest BCUT2D eigenvalue weighted by molar-refractivity contribution is 0.0377. The molecule has 1 saturated heterocycles. The molecule has 2 aliphatic rings. The Labute approximate surface area is 164 Å². The second-order valence-corrected chi connectivity index (χ2v) is 7.98. The lowest BCUT2D eigenvalue weighted by Gasteiger charge is -2.33. The van der Waals surface area contributed by atoms with E-state index in [1.165, 1.54) is 0 Å². The second kappa shape index (κ2) is 7.61. The molecule has 0 atom stereocenters. The van der Waals surface area contributed by atoms with Crippen molar-refractivity contribution in [3.63, 3.8) is 0 Å². The lowest BCUT2D eigenvalue weighted by atomic mass is 10.2. The summed E-state index contributed by atoms with van der Waals surface area (Å²) in [7, 11) is 0. The normalized spacial score (nSPS) is 17.0. The van der Waals surface area contributed by atoms with Crippen LogP contribution >= 0.6 is 31.9 Å². The van der Waals surface area contributed by atoms with Crippen LogP contribution in [0.1, 0.15) is 6.42 Å². The number of halogens is 2. The molecule has 0 saturated carbocycles. The van der Waals surface area contributed by atoms with Gasteiger partial charge in [-0.1, -0.05) is 15.9 Å². The third-order valence-electron chi connectivity index (χ3n) is 4.45. The summed E-state index contributed by atoms with van der Waals surface area (Å²) in [5.74, 6) is 2.51. The predicted molar refractivity (Wildman–Crippen MR) is 105 cm³/mol. The van der Waals surface area contributed by atoms with Crippen LogP contribution in [0.25, 0.3) is 0 Å². The van der Waals surface area contributed by atoms with Crippen LogP contribution in [0.4, 0.5) is 11.5 Å². The number of rotatable bonds is 4. The molecule has 0 unspecified atom stereocenters. The molecule has 1 fully saturated rings. The highest BCUT2D eigenvalue weighted by Gasteiger charge is 2.26. The van der Waals surface area contributed by atoms with Crippen molar-refractivity contribution in [2.45, 2.75) is 6.42 Å². The molecule has 7 heteroatoms. The minimum atomic E-state index is 0.784. The maximum Gasteiger partial charge on any atom is 0.176 e. The fourth-order valence-electron chi connectivity index (χ4n) is 3.22. The molecule has 2 aliphatic heterocycles. The third kappa shape index (κ3) is 3.84. The maximum atomic E-state index is 6.07. The van der Waals surface area contributed by atoms with Crippen LogP contribution in [0.5, 0.6) is 11.5 Å². The Kier molecular flexibility index (Phi) is 5.26. The zero-order valence-corrected chi connectivity index (χ0v) is 16.9. The van der Waals surface area contributed by atoms with Gasteiger partial charge in [-0.2, -0.15) is 0 Å². The Hall–Kier alpha value is -1.15. The number of benzene rings is 1. The van der Waals surface area contributed by atoms with Gasteiger partial charge in [-0.05, 0) is 40.5 Å². The molecule has 0 radical (unpaired) electrons. The van der Waals surface area contributed by atoms with E-state index in [1.54, 1.807) is 0 Å². The summed E-state index contributed by atoms with van der Waals surface area (Å²) in [6, 6.07) is 8.11. The standard InChI is InChI=1S/C18H19Br2N3O2/c19-13-2-3-15-16(10-13)25-17-11-14(20)12-21-18(17)23(15)5-1-4-22-6-8-24-9-7-22/h2-3,10-12H,1,4-9H2. The summed E-state index contributed by atoms with van der Waals surface area (Å²) in [6.45, 7) is 5.69. The highest BCUT2D eigenvalue weighted by molar-refractivity contribution is 9.10. The summed E-state index contributed by atoms with van der Waals surface area (Å²) in [6.07, 6.45) is 2.88. The van der Waals surface area contributed by atoms with Gasteiger partial charge in [0.15, 0.2) is 17.3 Å². The molecule has 0 spiro atoms. The first-order valence-corrected chi connectivity index (χ1v) is 10.00. The summed E-state index contributed by atoms with van der Waals surface area (Å²) in [5, 5.41) is 0. The summed E-state index contributed by atoms with van der Waals surface area (Å²) >= 11 is 7.01. The number of morpholine rings is 1. The molecular weight excluding hydrogens is 450 g/mol. The number of nitrogens with zero attached hydrogens (tertiary/aromatic N) is 3. The molecule has 0 N–H and O–H groups in total. The van der Waals surface area contributed by atoms with Crippen LogP contribution in [0, 0.1) is 0 Å². The Bertz CT molecular complexity index is 714. The second-order valence-electron chi connectivity index (χ2n) is 6.15. The highest BCUT2D eigenvalue weighted by atomic mass is 79.9. The van der Waals surface area contributed by atoms with Crippen LogP contribution < -0.4 is 9.64 Å². The van der Waals surface area contributed by atoms with E-state index >= 15 is 0 Å². The monoisotopic (exact) mass is 467 g/mol. The molecule has 0 aliphatic carbocycles. The lowest BCUT2D eigenvalue weighted by Crippen LogP contribution is -2.38. The van der Waals surface area contributed by atoms with Crippen molar-refractivity contribution >= 4 is 43.4 Å². The summed E-state index contributed by atoms with van der Waals surface area (Å²) < 4.78 is 13.4. The Morgan fingerprint density at radius 3 is 2.64 bits per heavy atom. The van der Waals surface area contributed by atoms with Crippen molar-refractivity contribution in [1.82, 2.24) is 9.88 Å². The quantitative estimate of drug-likeness (QED) is 0.656. The third-order valence-corrected chi connectivity index (χ3v) is 5.37. The van der Waals surface area contributed by atoms with Crippen LogP contribution in [0.3, 0.4) is 0 Å². The van der Waals surface area contributed by atoms with E-state index in [-0.39, 0.29) is 0 Å². The van der Waals surface area contributed by atoms with Crippen LogP contribution in [0.15, 0.2) is 39.4 Å². The fraction of sp³-hybridized carbons (Fsp3) is 0.389. The first-order chi connectivity index (χ1) is 12.2. The maximum absolute atomic E-state index is 6.07. The van der Waals surface area contributed by atoms with Gasteiger partial charge in [-0.25, -0.2) is 4.98 Å². The molecule has 0 bridgehead atoms. The van der Waals surface area contributed by atoms with Gasteiger partial charge in [0.25, 0.3) is 0 Å². The fourth-order valence-corrected chi connectivity index (χ4v) is 3.87. The number of hydrogen-bond donors (Lipinski definition) is 0. The molecule has 0 amide bonds. The SMILES string of the molecule is Brc1ccc2c(c1)Oc1cc(Br)cnc1N2CCCN1CCOCC1. The zero-order chi connectivity index (χ0) is 17.2. The Balaban J connectivity index is 1.55. The minimum Gasteiger partial charge on any atom is -0.451 e. The van der Waals surface area contributed by atoms with Gasteiger partial charge in [0.2, 0.25) is 0 Å². The highest BCUT2D eigenvalue weighted by Crippen LogP contribution is 2.47. The minimum absolute atomic E-state index is 0.784. The molecule has 1 aromatic heterocycles. The van der Waals surface area contributed by atoms with Gasteiger partial charge in [0.05, 0.1) is 18.9 Å². The number of anilines is 2. The van der Waals surface area contributed by atoms with E-state index in [9.17, 15) is 0 Å². The van der Waals surface area contributed by atoms with Crippen LogP contribution in [-0.2, 0) is 4.74 Å². The van der Waals surface area contributed by atoms with Crippen molar-refractivity contribution in [2.75, 3.05) is 44.3 Å². The predicted octanol–water partition coefficient (Wildman–Crippen LogP) is 4.57. The van der Waals surface area contributed by atoms with Crippen molar-refractivity contribution in [1.29, 1.82) is 0 Å². The summed E-state index contributed by atoms with van der Waals surface area (Å²) in [4.78, 5) is 9.31. The van der Waals surface area contributed by atoms with E-state index in [1.807, 2.05) is 24.4 Å². The first kappa shape index (κ1) is 17.3. The number of ether oxygens (including phenoxy) is 2. The molecular formula is C18H19Br2N3O2. The van der Waals surface area contributed by atoms with Gasteiger partial charge >= 0.3 is 0 Å². The van der Waals surface area contributed by atoms with Gasteiger partial charge < -0.3 is 14.4 Å². The summed E-state index contributed by atoms with van der Waals surface area (Å²) in [5.41, 5.74) is 1.06. The average molecular weight is 469 g/mol. The first-order valence-electron chi connectivity index (χ1n) is 8.41. The molecule has 2 aromatic rings. The molecule has 5 nitrogen and oxygen atoms in total. The Morgan fingerprint density at radius 2 is 1.80 bits per heavy atom. The largest absolute Gasteiger partial charge is 0.451 e. The Morgan fingerprint density at radius 1 is 1.00 bits per heavy atom. The van der Waals surface area contributed by atoms with Crippen molar-refractivity contribution in [2.24, 2.45) is 0 Å². The van der Waals surface area contributed by atoms with E-state index in [2.05, 4.69) is 52.7 Å². The zero-order valence-electron chi connectivity index (χ0n) is 13.8. The molecule has 132 valence electrons. The average Bonchev–Trinajstić information content (AvgIpc) is 2.61. The smallest absolute Gasteiger partial charge is 0.176 e. The van der Waals surface area contributed by atoms with Crippen LogP contribution in [0.2, 0.25) is 0 Å². The number of fused-ring (bicyclic) bond motifs is 2. The number of hydrogen-bond acceptors (Lipinski definition) is 5. The van der Waals surface area contributed by atoms with Crippen LogP contribution in [-0.4, -0.2) is 49.3 Å². The van der Waals surface area contributed by atoms with Crippen molar-refractivity contribution in [3.8, 4) is 11.5 Å². The van der Waals surface area contributed by atoms with Crippen molar-refractivity contribution in [3.05, 3.63) is 39.4 Å². The van der Waals surface area contributed by atoms with E-state index in [4.69, 9.17) is 9.47 Å². The van der Waals surface area contributed by atoms with Gasteiger partial charge in [-0.15, -0.1) is 0 Å². The van der Waals surface area contributed by atoms with E-state index in [0.29, 0.717) is 0 Å². The molecule has 3 heterocycles. The molecule has 25 heavy (non-hydrogen) atoms. The number of pyridine rings is 1. The molecule has 1 aromatic carbocycles. The topological polar surface area (TPSA) is 37.8 Å². The van der Waals surface area contributed by atoms with E-state index < -0.39 is 0 Å². The van der Waals surface area contributed by atoms with Gasteiger partial charge in [-0.3, -0.25) is 4.90 Å². The van der Waals surface area contributed by atoms with Gasteiger partial charge in [0.1, 0.15) is 0 Å². The number of aromatic nitrogens is 1. The molecule has 4 rings (SSSR count). The van der Waals surface area contributed by atoms with Gasteiger partial charge in [0, 0.05) is 47.4 Å². The van der Waals surface area contributed by atoms with Crippen molar-refractivity contribution < 1.29 is 9.47 Å².